The average Bonchev–Trinajstić information content (AvgIpc) is 2.38. The SMILES string of the molecule is COc1cc(Cl)ccc1-c1ccc(C(C)N)cc1. The number of nitrogens with two attached hydrogens (primary N) is 1. The molecule has 0 aliphatic carbocycles. The van der Waals surface area contributed by atoms with Crippen LogP contribution in [0.5, 0.6) is 5.75 Å². The highest BCUT2D eigenvalue weighted by Gasteiger charge is 2.07. The van der Waals surface area contributed by atoms with Crippen LogP contribution in [0.1, 0.15) is 18.5 Å². The normalized spacial score (nSPS) is 12.2. The summed E-state index contributed by atoms with van der Waals surface area (Å²) in [7, 11) is 1.64. The van der Waals surface area contributed by atoms with E-state index >= 15 is 0 Å². The number of rotatable bonds is 3. The first-order valence-corrected chi connectivity index (χ1v) is 6.19. The summed E-state index contributed by atoms with van der Waals surface area (Å²) in [6.45, 7) is 1.97. The van der Waals surface area contributed by atoms with Crippen LogP contribution in [0.25, 0.3) is 11.1 Å². The Morgan fingerprint density at radius 2 is 1.78 bits per heavy atom. The van der Waals surface area contributed by atoms with E-state index in [0.717, 1.165) is 22.4 Å². The number of methoxy groups -OCH3 is 1. The molecule has 0 bridgehead atoms. The molecule has 0 aliphatic heterocycles. The van der Waals surface area contributed by atoms with Crippen LogP contribution in [0.15, 0.2) is 42.5 Å². The van der Waals surface area contributed by atoms with Crippen molar-refractivity contribution in [3.8, 4) is 16.9 Å². The monoisotopic (exact) mass is 261 g/mol. The van der Waals surface area contributed by atoms with E-state index in [-0.39, 0.29) is 6.04 Å². The summed E-state index contributed by atoms with van der Waals surface area (Å²) in [6.07, 6.45) is 0. The number of hydrogen-bond acceptors (Lipinski definition) is 2. The van der Waals surface area contributed by atoms with Gasteiger partial charge in [-0.15, -0.1) is 0 Å². The fraction of sp³-hybridized carbons (Fsp3) is 0.200. The average molecular weight is 262 g/mol. The lowest BCUT2D eigenvalue weighted by atomic mass is 10.0. The van der Waals surface area contributed by atoms with E-state index in [0.29, 0.717) is 5.02 Å². The smallest absolute Gasteiger partial charge is 0.128 e. The first-order valence-electron chi connectivity index (χ1n) is 5.81. The van der Waals surface area contributed by atoms with Crippen molar-refractivity contribution in [1.29, 1.82) is 0 Å². The van der Waals surface area contributed by atoms with Gasteiger partial charge in [-0.1, -0.05) is 35.9 Å². The van der Waals surface area contributed by atoms with Crippen molar-refractivity contribution >= 4 is 11.6 Å². The minimum Gasteiger partial charge on any atom is -0.496 e. The van der Waals surface area contributed by atoms with Gasteiger partial charge in [-0.25, -0.2) is 0 Å². The lowest BCUT2D eigenvalue weighted by Gasteiger charge is -2.11. The van der Waals surface area contributed by atoms with E-state index in [1.807, 2.05) is 49.4 Å². The van der Waals surface area contributed by atoms with Gasteiger partial charge < -0.3 is 10.5 Å². The van der Waals surface area contributed by atoms with Crippen LogP contribution in [0.3, 0.4) is 0 Å². The minimum atomic E-state index is 0.0474. The first-order chi connectivity index (χ1) is 8.61. The predicted molar refractivity (Wildman–Crippen MR) is 76.0 cm³/mol. The van der Waals surface area contributed by atoms with Gasteiger partial charge in [0.05, 0.1) is 7.11 Å². The maximum atomic E-state index is 5.95. The number of halogens is 1. The van der Waals surface area contributed by atoms with Gasteiger partial charge in [-0.2, -0.15) is 0 Å². The van der Waals surface area contributed by atoms with Gasteiger partial charge in [0.25, 0.3) is 0 Å². The molecule has 2 N–H and O–H groups in total. The van der Waals surface area contributed by atoms with Gasteiger partial charge in [0.15, 0.2) is 0 Å². The molecule has 0 heterocycles. The molecule has 0 amide bonds. The third kappa shape index (κ3) is 2.66. The summed E-state index contributed by atoms with van der Waals surface area (Å²) in [5.41, 5.74) is 9.07. The Morgan fingerprint density at radius 1 is 1.11 bits per heavy atom. The standard InChI is InChI=1S/C15H16ClNO/c1-10(17)11-3-5-12(6-4-11)14-8-7-13(16)9-15(14)18-2/h3-10H,17H2,1-2H3. The van der Waals surface area contributed by atoms with Gasteiger partial charge in [-0.3, -0.25) is 0 Å². The highest BCUT2D eigenvalue weighted by atomic mass is 35.5. The predicted octanol–water partition coefficient (Wildman–Crippen LogP) is 4.04. The van der Waals surface area contributed by atoms with Crippen molar-refractivity contribution in [1.82, 2.24) is 0 Å². The second-order valence-electron chi connectivity index (χ2n) is 4.26. The van der Waals surface area contributed by atoms with E-state index < -0.39 is 0 Å². The lowest BCUT2D eigenvalue weighted by molar-refractivity contribution is 0.416. The summed E-state index contributed by atoms with van der Waals surface area (Å²) < 4.78 is 5.35. The van der Waals surface area contributed by atoms with Crippen molar-refractivity contribution in [2.24, 2.45) is 5.73 Å². The molecule has 0 aliphatic rings. The van der Waals surface area contributed by atoms with E-state index in [2.05, 4.69) is 0 Å². The highest BCUT2D eigenvalue weighted by molar-refractivity contribution is 6.30. The second-order valence-corrected chi connectivity index (χ2v) is 4.69. The number of benzene rings is 2. The summed E-state index contributed by atoms with van der Waals surface area (Å²) in [5, 5.41) is 0.669. The molecular weight excluding hydrogens is 246 g/mol. The molecule has 0 saturated heterocycles. The maximum absolute atomic E-state index is 5.95. The molecule has 18 heavy (non-hydrogen) atoms. The Kier molecular flexibility index (Phi) is 3.90. The van der Waals surface area contributed by atoms with Crippen LogP contribution >= 0.6 is 11.6 Å². The van der Waals surface area contributed by atoms with Gasteiger partial charge >= 0.3 is 0 Å². The highest BCUT2D eigenvalue weighted by Crippen LogP contribution is 2.32. The number of hydrogen-bond donors (Lipinski definition) is 1. The third-order valence-corrected chi connectivity index (χ3v) is 3.15. The fourth-order valence-electron chi connectivity index (χ4n) is 1.87. The van der Waals surface area contributed by atoms with E-state index in [4.69, 9.17) is 22.1 Å². The van der Waals surface area contributed by atoms with Crippen LogP contribution < -0.4 is 10.5 Å². The molecule has 0 aromatic heterocycles. The Balaban J connectivity index is 2.42. The molecule has 1 atom stereocenters. The molecular formula is C15H16ClNO. The Bertz CT molecular complexity index is 535. The van der Waals surface area contributed by atoms with Crippen molar-refractivity contribution in [2.45, 2.75) is 13.0 Å². The van der Waals surface area contributed by atoms with Crippen LogP contribution in [-0.2, 0) is 0 Å². The topological polar surface area (TPSA) is 35.2 Å². The maximum Gasteiger partial charge on any atom is 0.128 e. The van der Waals surface area contributed by atoms with Gasteiger partial charge in [-0.05, 0) is 36.2 Å². The Hall–Kier alpha value is -1.51. The summed E-state index contributed by atoms with van der Waals surface area (Å²) in [6, 6.07) is 13.8. The van der Waals surface area contributed by atoms with E-state index in [9.17, 15) is 0 Å². The molecule has 2 aromatic carbocycles. The van der Waals surface area contributed by atoms with Crippen LogP contribution in [-0.4, -0.2) is 7.11 Å². The number of ether oxygens (including phenoxy) is 1. The Labute approximate surface area is 112 Å². The summed E-state index contributed by atoms with van der Waals surface area (Å²) >= 11 is 5.95. The van der Waals surface area contributed by atoms with Crippen molar-refractivity contribution in [3.63, 3.8) is 0 Å². The first kappa shape index (κ1) is 12.9. The van der Waals surface area contributed by atoms with Gasteiger partial charge in [0.2, 0.25) is 0 Å². The molecule has 0 saturated carbocycles. The third-order valence-electron chi connectivity index (χ3n) is 2.91. The quantitative estimate of drug-likeness (QED) is 0.905. The van der Waals surface area contributed by atoms with E-state index in [1.165, 1.54) is 0 Å². The van der Waals surface area contributed by atoms with Crippen LogP contribution in [0.2, 0.25) is 5.02 Å². The lowest BCUT2D eigenvalue weighted by Crippen LogP contribution is -2.04. The molecule has 3 heteroatoms. The summed E-state index contributed by atoms with van der Waals surface area (Å²) in [4.78, 5) is 0. The molecule has 2 aromatic rings. The molecule has 1 unspecified atom stereocenters. The molecule has 0 radical (unpaired) electrons. The summed E-state index contributed by atoms with van der Waals surface area (Å²) in [5.74, 6) is 0.774. The molecule has 94 valence electrons. The zero-order valence-electron chi connectivity index (χ0n) is 10.5. The van der Waals surface area contributed by atoms with Crippen LogP contribution in [0.4, 0.5) is 0 Å². The second kappa shape index (κ2) is 5.42. The van der Waals surface area contributed by atoms with Gasteiger partial charge in [0, 0.05) is 16.6 Å². The van der Waals surface area contributed by atoms with E-state index in [1.54, 1.807) is 7.11 Å². The molecule has 2 rings (SSSR count). The zero-order valence-corrected chi connectivity index (χ0v) is 11.2. The van der Waals surface area contributed by atoms with Crippen molar-refractivity contribution in [3.05, 3.63) is 53.1 Å². The largest absolute Gasteiger partial charge is 0.496 e. The van der Waals surface area contributed by atoms with Gasteiger partial charge in [0.1, 0.15) is 5.75 Å². The van der Waals surface area contributed by atoms with Crippen molar-refractivity contribution in [2.75, 3.05) is 7.11 Å². The fourth-order valence-corrected chi connectivity index (χ4v) is 2.03. The molecule has 2 nitrogen and oxygen atoms in total. The molecule has 0 fully saturated rings. The minimum absolute atomic E-state index is 0.0474. The van der Waals surface area contributed by atoms with Crippen molar-refractivity contribution < 1.29 is 4.74 Å². The Morgan fingerprint density at radius 3 is 2.33 bits per heavy atom. The van der Waals surface area contributed by atoms with Crippen LogP contribution in [0, 0.1) is 0 Å². The zero-order chi connectivity index (χ0) is 13.1. The molecule has 0 spiro atoms.